The molecule has 0 radical (unpaired) electrons. The molecule has 0 N–H and O–H groups in total. The van der Waals surface area contributed by atoms with Gasteiger partial charge in [0.15, 0.2) is 0 Å². The summed E-state index contributed by atoms with van der Waals surface area (Å²) in [6, 6.07) is 6.17. The Morgan fingerprint density at radius 2 is 2.04 bits per heavy atom. The highest BCUT2D eigenvalue weighted by Crippen LogP contribution is 2.34. The first-order chi connectivity index (χ1) is 12.7. The Hall–Kier alpha value is -1.76. The van der Waals surface area contributed by atoms with Crippen molar-refractivity contribution in [2.24, 2.45) is 12.5 Å². The van der Waals surface area contributed by atoms with E-state index >= 15 is 0 Å². The molecule has 0 aromatic carbocycles. The molecule has 0 saturated carbocycles. The number of rotatable bonds is 4. The molecule has 4 heterocycles. The van der Waals surface area contributed by atoms with Crippen molar-refractivity contribution in [1.82, 2.24) is 24.6 Å². The molecule has 0 unspecified atom stereocenters. The lowest BCUT2D eigenvalue weighted by Crippen LogP contribution is -2.50. The first-order valence-electron chi connectivity index (χ1n) is 9.61. The van der Waals surface area contributed by atoms with Crippen LogP contribution in [0.2, 0.25) is 0 Å². The summed E-state index contributed by atoms with van der Waals surface area (Å²) in [6.45, 7) is 7.92. The molecule has 6 nitrogen and oxygen atoms in total. The van der Waals surface area contributed by atoms with Gasteiger partial charge in [0.25, 0.3) is 0 Å². The van der Waals surface area contributed by atoms with Gasteiger partial charge in [-0.2, -0.15) is 5.10 Å². The number of hydrogen-bond donors (Lipinski definition) is 0. The highest BCUT2D eigenvalue weighted by atomic mass is 16.5. The molecule has 26 heavy (non-hydrogen) atoms. The molecule has 0 bridgehead atoms. The number of aryl methyl sites for hydroxylation is 1. The van der Waals surface area contributed by atoms with Gasteiger partial charge in [0.1, 0.15) is 0 Å². The Kier molecular flexibility index (Phi) is 5.33. The van der Waals surface area contributed by atoms with Gasteiger partial charge >= 0.3 is 0 Å². The number of pyridine rings is 1. The standard InChI is InChI=1S/C20H29N5O/c1-23-12-18(11-22-23)13-24-8-4-6-20(15-24)16-25(9-10-26-17-20)14-19-5-2-3-7-21-19/h2-3,5,7,11-12H,4,6,8-10,13-17H2,1H3/t20-/m1/s1. The average molecular weight is 355 g/mol. The van der Waals surface area contributed by atoms with E-state index in [4.69, 9.17) is 4.74 Å². The number of likely N-dealkylation sites (tertiary alicyclic amines) is 1. The van der Waals surface area contributed by atoms with Crippen LogP contribution in [-0.4, -0.2) is 64.0 Å². The van der Waals surface area contributed by atoms with E-state index < -0.39 is 0 Å². The van der Waals surface area contributed by atoms with Gasteiger partial charge in [0, 0.05) is 63.1 Å². The van der Waals surface area contributed by atoms with Crippen molar-refractivity contribution < 1.29 is 4.74 Å². The monoisotopic (exact) mass is 355 g/mol. The summed E-state index contributed by atoms with van der Waals surface area (Å²) in [6.07, 6.45) is 8.47. The summed E-state index contributed by atoms with van der Waals surface area (Å²) in [5, 5.41) is 4.31. The molecule has 2 aliphatic rings. The third kappa shape index (κ3) is 4.31. The fourth-order valence-electron chi connectivity index (χ4n) is 4.44. The van der Waals surface area contributed by atoms with E-state index in [1.807, 2.05) is 30.2 Å². The summed E-state index contributed by atoms with van der Waals surface area (Å²) in [4.78, 5) is 9.62. The number of hydrogen-bond acceptors (Lipinski definition) is 5. The van der Waals surface area contributed by atoms with Crippen molar-refractivity contribution in [1.29, 1.82) is 0 Å². The number of nitrogens with zero attached hydrogens (tertiary/aromatic N) is 5. The van der Waals surface area contributed by atoms with Crippen LogP contribution in [0, 0.1) is 5.41 Å². The van der Waals surface area contributed by atoms with Crippen LogP contribution < -0.4 is 0 Å². The summed E-state index contributed by atoms with van der Waals surface area (Å²) in [7, 11) is 1.98. The van der Waals surface area contributed by atoms with Gasteiger partial charge in [0.05, 0.1) is 25.1 Å². The molecule has 2 aliphatic heterocycles. The Balaban J connectivity index is 1.43. The molecule has 2 fully saturated rings. The summed E-state index contributed by atoms with van der Waals surface area (Å²) < 4.78 is 7.94. The van der Waals surface area contributed by atoms with Crippen molar-refractivity contribution in [3.05, 3.63) is 48.0 Å². The molecule has 0 amide bonds. The Bertz CT molecular complexity index is 703. The van der Waals surface area contributed by atoms with E-state index in [0.29, 0.717) is 0 Å². The van der Waals surface area contributed by atoms with E-state index in [0.717, 1.165) is 58.2 Å². The Morgan fingerprint density at radius 1 is 1.15 bits per heavy atom. The van der Waals surface area contributed by atoms with Gasteiger partial charge < -0.3 is 4.74 Å². The van der Waals surface area contributed by atoms with E-state index in [-0.39, 0.29) is 5.41 Å². The van der Waals surface area contributed by atoms with Crippen LogP contribution in [0.25, 0.3) is 0 Å². The third-order valence-electron chi connectivity index (χ3n) is 5.54. The summed E-state index contributed by atoms with van der Waals surface area (Å²) in [5.41, 5.74) is 2.67. The van der Waals surface area contributed by atoms with Gasteiger partial charge in [-0.1, -0.05) is 6.07 Å². The third-order valence-corrected chi connectivity index (χ3v) is 5.54. The molecule has 2 aromatic rings. The maximum atomic E-state index is 6.05. The maximum absolute atomic E-state index is 6.05. The minimum atomic E-state index is 0.228. The summed E-state index contributed by atoms with van der Waals surface area (Å²) >= 11 is 0. The lowest BCUT2D eigenvalue weighted by Gasteiger charge is -2.43. The Labute approximate surface area is 155 Å². The van der Waals surface area contributed by atoms with Crippen molar-refractivity contribution in [3.8, 4) is 0 Å². The predicted octanol–water partition coefficient (Wildman–Crippen LogP) is 1.93. The Morgan fingerprint density at radius 3 is 2.81 bits per heavy atom. The van der Waals surface area contributed by atoms with E-state index in [9.17, 15) is 0 Å². The zero-order valence-corrected chi connectivity index (χ0v) is 15.7. The van der Waals surface area contributed by atoms with Crippen LogP contribution in [0.5, 0.6) is 0 Å². The second-order valence-corrected chi connectivity index (χ2v) is 7.92. The predicted molar refractivity (Wildman–Crippen MR) is 100 cm³/mol. The fourth-order valence-corrected chi connectivity index (χ4v) is 4.44. The molecule has 1 spiro atoms. The van der Waals surface area contributed by atoms with Crippen LogP contribution in [0.1, 0.15) is 24.1 Å². The highest BCUT2D eigenvalue weighted by Gasteiger charge is 2.38. The molecule has 2 aromatic heterocycles. The molecule has 4 rings (SSSR count). The smallest absolute Gasteiger partial charge is 0.0593 e. The van der Waals surface area contributed by atoms with Crippen LogP contribution in [0.15, 0.2) is 36.8 Å². The fraction of sp³-hybridized carbons (Fsp3) is 0.600. The topological polar surface area (TPSA) is 46.4 Å². The maximum Gasteiger partial charge on any atom is 0.0593 e. The molecular weight excluding hydrogens is 326 g/mol. The second kappa shape index (κ2) is 7.86. The van der Waals surface area contributed by atoms with Crippen molar-refractivity contribution in [2.45, 2.75) is 25.9 Å². The molecule has 2 saturated heterocycles. The van der Waals surface area contributed by atoms with Crippen molar-refractivity contribution in [3.63, 3.8) is 0 Å². The minimum Gasteiger partial charge on any atom is -0.379 e. The van der Waals surface area contributed by atoms with Crippen LogP contribution in [-0.2, 0) is 24.9 Å². The van der Waals surface area contributed by atoms with Crippen LogP contribution in [0.4, 0.5) is 0 Å². The first-order valence-corrected chi connectivity index (χ1v) is 9.61. The highest BCUT2D eigenvalue weighted by molar-refractivity contribution is 5.06. The van der Waals surface area contributed by atoms with E-state index in [1.54, 1.807) is 0 Å². The lowest BCUT2D eigenvalue weighted by atomic mass is 9.80. The molecule has 140 valence electrons. The zero-order chi connectivity index (χ0) is 17.8. The normalized spacial score (nSPS) is 25.4. The van der Waals surface area contributed by atoms with Crippen LogP contribution >= 0.6 is 0 Å². The quantitative estimate of drug-likeness (QED) is 0.839. The number of aromatic nitrogens is 3. The molecule has 1 atom stereocenters. The van der Waals surface area contributed by atoms with Gasteiger partial charge in [-0.15, -0.1) is 0 Å². The first kappa shape index (κ1) is 17.6. The minimum absolute atomic E-state index is 0.228. The average Bonchev–Trinajstić information content (AvgIpc) is 2.94. The summed E-state index contributed by atoms with van der Waals surface area (Å²) in [5.74, 6) is 0. The molecule has 0 aliphatic carbocycles. The van der Waals surface area contributed by atoms with Gasteiger partial charge in [-0.05, 0) is 31.5 Å². The van der Waals surface area contributed by atoms with Gasteiger partial charge in [0.2, 0.25) is 0 Å². The number of piperidine rings is 1. The van der Waals surface area contributed by atoms with E-state index in [2.05, 4.69) is 38.2 Å². The van der Waals surface area contributed by atoms with Gasteiger partial charge in [-0.25, -0.2) is 0 Å². The number of ether oxygens (including phenoxy) is 1. The van der Waals surface area contributed by atoms with E-state index in [1.165, 1.54) is 18.4 Å². The van der Waals surface area contributed by atoms with Gasteiger partial charge in [-0.3, -0.25) is 19.5 Å². The van der Waals surface area contributed by atoms with Crippen molar-refractivity contribution >= 4 is 0 Å². The SMILES string of the molecule is Cn1cc(CN2CCC[C@@]3(COCCN(Cc4ccccn4)C3)C2)cn1. The lowest BCUT2D eigenvalue weighted by molar-refractivity contribution is 0.00241. The molecular formula is C20H29N5O. The zero-order valence-electron chi connectivity index (χ0n) is 15.7. The largest absolute Gasteiger partial charge is 0.379 e. The molecule has 6 heteroatoms. The second-order valence-electron chi connectivity index (χ2n) is 7.92. The van der Waals surface area contributed by atoms with Crippen LogP contribution in [0.3, 0.4) is 0 Å². The van der Waals surface area contributed by atoms with Crippen molar-refractivity contribution in [2.75, 3.05) is 39.4 Å².